The van der Waals surface area contributed by atoms with Crippen LogP contribution in [0.5, 0.6) is 0 Å². The first kappa shape index (κ1) is 35.5. The Morgan fingerprint density at radius 3 is 1.21 bits per heavy atom. The molecule has 1 unspecified atom stereocenters. The van der Waals surface area contributed by atoms with Crippen LogP contribution in [-0.2, 0) is 0 Å². The molecule has 2 aromatic heterocycles. The predicted octanol–water partition coefficient (Wildman–Crippen LogP) is 16.0. The van der Waals surface area contributed by atoms with Gasteiger partial charge in [0.2, 0.25) is 0 Å². The highest BCUT2D eigenvalue weighted by molar-refractivity contribution is 6.12. The van der Waals surface area contributed by atoms with E-state index in [1.54, 1.807) is 0 Å². The van der Waals surface area contributed by atoms with Crippen LogP contribution in [0.3, 0.4) is 0 Å². The lowest BCUT2D eigenvalue weighted by Crippen LogP contribution is -2.05. The summed E-state index contributed by atoms with van der Waals surface area (Å²) in [6, 6.07) is 87.4. The highest BCUT2D eigenvalue weighted by atomic mass is 15.0. The second-order valence-corrected chi connectivity index (χ2v) is 16.9. The highest BCUT2D eigenvalue weighted by Crippen LogP contribution is 2.50. The summed E-state index contributed by atoms with van der Waals surface area (Å²) in [6.45, 7) is 0. The molecule has 0 fully saturated rings. The van der Waals surface area contributed by atoms with E-state index in [1.165, 1.54) is 105 Å². The molecule has 1 aliphatic rings. The lowest BCUT2D eigenvalue weighted by atomic mass is 9.88. The van der Waals surface area contributed by atoms with Gasteiger partial charge in [-0.1, -0.05) is 176 Å². The van der Waals surface area contributed by atoms with E-state index in [0.29, 0.717) is 0 Å². The van der Waals surface area contributed by atoms with Crippen molar-refractivity contribution in [2.24, 2.45) is 0 Å². The predicted molar refractivity (Wildman–Crippen MR) is 264 cm³/mol. The zero-order valence-corrected chi connectivity index (χ0v) is 34.5. The first-order valence-electron chi connectivity index (χ1n) is 21.9. The van der Waals surface area contributed by atoms with Crippen molar-refractivity contribution in [1.82, 2.24) is 9.13 Å². The van der Waals surface area contributed by atoms with Crippen molar-refractivity contribution in [3.8, 4) is 55.9 Å². The zero-order chi connectivity index (χ0) is 41.4. The Labute approximate surface area is 366 Å². The van der Waals surface area contributed by atoms with Crippen molar-refractivity contribution in [3.63, 3.8) is 0 Å². The van der Waals surface area contributed by atoms with Gasteiger partial charge in [-0.15, -0.1) is 0 Å². The Balaban J connectivity index is 1.09. The first-order valence-corrected chi connectivity index (χ1v) is 21.9. The number of para-hydroxylation sites is 2. The van der Waals surface area contributed by atoms with E-state index in [-0.39, 0.29) is 5.92 Å². The molecule has 294 valence electrons. The molecule has 0 aliphatic heterocycles. The molecule has 0 saturated heterocycles. The Kier molecular flexibility index (Phi) is 8.01. The van der Waals surface area contributed by atoms with E-state index in [2.05, 4.69) is 246 Å². The molecule has 12 aromatic rings. The van der Waals surface area contributed by atoms with Crippen LogP contribution in [0.15, 0.2) is 237 Å². The largest absolute Gasteiger partial charge is 0.309 e. The molecular weight excluding hydrogens is 761 g/mol. The summed E-state index contributed by atoms with van der Waals surface area (Å²) in [4.78, 5) is 0. The number of hydrogen-bond donors (Lipinski definition) is 0. The summed E-state index contributed by atoms with van der Waals surface area (Å²) in [6.07, 6.45) is 0. The lowest BCUT2D eigenvalue weighted by molar-refractivity contribution is 0.997. The molecule has 63 heavy (non-hydrogen) atoms. The summed E-state index contributed by atoms with van der Waals surface area (Å²) in [5, 5.41) is 4.98. The van der Waals surface area contributed by atoms with Crippen molar-refractivity contribution in [2.45, 2.75) is 5.92 Å². The monoisotopic (exact) mass is 800 g/mol. The van der Waals surface area contributed by atoms with Crippen LogP contribution in [0.1, 0.15) is 22.6 Å². The van der Waals surface area contributed by atoms with Crippen LogP contribution in [0, 0.1) is 0 Å². The number of aromatic nitrogens is 2. The van der Waals surface area contributed by atoms with Gasteiger partial charge in [0.15, 0.2) is 0 Å². The minimum absolute atomic E-state index is 0.0373. The zero-order valence-electron chi connectivity index (χ0n) is 34.5. The fourth-order valence-electron chi connectivity index (χ4n) is 10.5. The van der Waals surface area contributed by atoms with Crippen LogP contribution >= 0.6 is 0 Å². The van der Waals surface area contributed by atoms with Crippen LogP contribution in [-0.4, -0.2) is 9.13 Å². The number of nitrogens with zero attached hydrogens (tertiary/aromatic N) is 2. The second-order valence-electron chi connectivity index (χ2n) is 16.9. The number of hydrogen-bond acceptors (Lipinski definition) is 0. The van der Waals surface area contributed by atoms with Gasteiger partial charge in [-0.05, 0) is 122 Å². The average molecular weight is 801 g/mol. The maximum absolute atomic E-state index is 2.49. The smallest absolute Gasteiger partial charge is 0.0541 e. The van der Waals surface area contributed by atoms with E-state index in [4.69, 9.17) is 0 Å². The molecule has 10 aromatic carbocycles. The van der Waals surface area contributed by atoms with Crippen molar-refractivity contribution in [2.75, 3.05) is 0 Å². The van der Waals surface area contributed by atoms with Gasteiger partial charge < -0.3 is 9.13 Å². The molecule has 0 spiro atoms. The minimum atomic E-state index is 0.0373. The SMILES string of the molecule is c1ccc(-c2ccc3c(c2)-c2ccccc2C3c2cc(-n3c4ccccc4c4cc(-c5ccccc5)ccc43)cc(-n3c4ccccc4c4cc(-c5ccccc5)ccc43)c2)cc1. The van der Waals surface area contributed by atoms with Crippen LogP contribution < -0.4 is 0 Å². The topological polar surface area (TPSA) is 9.86 Å². The Morgan fingerprint density at radius 2 is 0.667 bits per heavy atom. The molecule has 13 rings (SSSR count). The third-order valence-corrected chi connectivity index (χ3v) is 13.4. The fourth-order valence-corrected chi connectivity index (χ4v) is 10.5. The van der Waals surface area contributed by atoms with Gasteiger partial charge in [0.25, 0.3) is 0 Å². The molecular formula is C61H40N2. The van der Waals surface area contributed by atoms with Gasteiger partial charge >= 0.3 is 0 Å². The van der Waals surface area contributed by atoms with E-state index in [1.807, 2.05) is 0 Å². The Hall–Kier alpha value is -8.20. The molecule has 0 bridgehead atoms. The third-order valence-electron chi connectivity index (χ3n) is 13.4. The number of rotatable bonds is 6. The molecule has 1 aliphatic carbocycles. The summed E-state index contributed by atoms with van der Waals surface area (Å²) >= 11 is 0. The third kappa shape index (κ3) is 5.65. The molecule has 0 saturated carbocycles. The standard InChI is InChI=1S/C61H40N2/c1-4-16-40(17-5-1)43-28-31-53-54(36-43)49-22-10-11-25-52(49)61(53)46-34-47(62-57-26-14-12-23-50(57)55-37-44(29-32-59(55)62)41-18-6-2-7-19-41)39-48(35-46)63-58-27-15-13-24-51(58)56-38-45(30-33-60(56)63)42-20-8-3-9-21-42/h1-39,61H. The molecule has 0 radical (unpaired) electrons. The number of fused-ring (bicyclic) bond motifs is 9. The average Bonchev–Trinajstić information content (AvgIpc) is 4.00. The summed E-state index contributed by atoms with van der Waals surface area (Å²) < 4.78 is 4.99. The highest BCUT2D eigenvalue weighted by Gasteiger charge is 2.31. The van der Waals surface area contributed by atoms with Gasteiger partial charge in [0.05, 0.1) is 22.1 Å². The van der Waals surface area contributed by atoms with Crippen LogP contribution in [0.2, 0.25) is 0 Å². The minimum Gasteiger partial charge on any atom is -0.309 e. The van der Waals surface area contributed by atoms with Gasteiger partial charge in [0, 0.05) is 38.8 Å². The van der Waals surface area contributed by atoms with Crippen molar-refractivity contribution < 1.29 is 0 Å². The summed E-state index contributed by atoms with van der Waals surface area (Å²) in [5.41, 5.74) is 20.9. The molecule has 0 amide bonds. The summed E-state index contributed by atoms with van der Waals surface area (Å²) in [7, 11) is 0. The van der Waals surface area contributed by atoms with Gasteiger partial charge in [-0.2, -0.15) is 0 Å². The Bertz CT molecular complexity index is 3550. The number of benzene rings is 10. The van der Waals surface area contributed by atoms with E-state index < -0.39 is 0 Å². The van der Waals surface area contributed by atoms with Gasteiger partial charge in [-0.3, -0.25) is 0 Å². The first-order chi connectivity index (χ1) is 31.2. The van der Waals surface area contributed by atoms with Crippen molar-refractivity contribution in [1.29, 1.82) is 0 Å². The van der Waals surface area contributed by atoms with Crippen LogP contribution in [0.4, 0.5) is 0 Å². The van der Waals surface area contributed by atoms with E-state index in [9.17, 15) is 0 Å². The Morgan fingerprint density at radius 1 is 0.254 bits per heavy atom. The van der Waals surface area contributed by atoms with Gasteiger partial charge in [-0.25, -0.2) is 0 Å². The molecule has 2 nitrogen and oxygen atoms in total. The van der Waals surface area contributed by atoms with E-state index in [0.717, 1.165) is 11.4 Å². The second kappa shape index (κ2) is 14.2. The molecule has 2 heteroatoms. The molecule has 0 N–H and O–H groups in total. The maximum Gasteiger partial charge on any atom is 0.0541 e. The fraction of sp³-hybridized carbons (Fsp3) is 0.0164. The lowest BCUT2D eigenvalue weighted by Gasteiger charge is -2.20. The molecule has 2 heterocycles. The maximum atomic E-state index is 2.49. The quantitative estimate of drug-likeness (QED) is 0.159. The van der Waals surface area contributed by atoms with E-state index >= 15 is 0 Å². The van der Waals surface area contributed by atoms with Crippen molar-refractivity contribution in [3.05, 3.63) is 253 Å². The van der Waals surface area contributed by atoms with Gasteiger partial charge in [0.1, 0.15) is 0 Å². The molecule has 1 atom stereocenters. The van der Waals surface area contributed by atoms with Crippen molar-refractivity contribution >= 4 is 43.6 Å². The summed E-state index contributed by atoms with van der Waals surface area (Å²) in [5.74, 6) is 0.0373. The normalized spacial score (nSPS) is 13.2. The van der Waals surface area contributed by atoms with Crippen LogP contribution in [0.25, 0.3) is 99.5 Å².